The molecular formula is C37H47ClN6O7S. The van der Waals surface area contributed by atoms with E-state index in [9.17, 15) is 4.79 Å². The fraction of sp³-hybridized carbons (Fsp3) is 0.459. The molecule has 15 heteroatoms. The Morgan fingerprint density at radius 1 is 0.808 bits per heavy atom. The van der Waals surface area contributed by atoms with E-state index in [-0.39, 0.29) is 12.3 Å². The monoisotopic (exact) mass is 754 g/mol. The van der Waals surface area contributed by atoms with Gasteiger partial charge in [0.05, 0.1) is 78.2 Å². The van der Waals surface area contributed by atoms with Gasteiger partial charge in [0.25, 0.3) is 0 Å². The number of nitrogens with one attached hydrogen (secondary N) is 1. The number of halogens is 1. The van der Waals surface area contributed by atoms with Crippen molar-refractivity contribution in [1.29, 1.82) is 0 Å². The Labute approximate surface area is 313 Å². The zero-order valence-electron chi connectivity index (χ0n) is 29.9. The van der Waals surface area contributed by atoms with Crippen molar-refractivity contribution in [2.45, 2.75) is 33.2 Å². The molecule has 1 atom stereocenters. The molecule has 2 aromatic heterocycles. The number of nitrogens with zero attached hydrogens (tertiary/aromatic N) is 4. The quantitative estimate of drug-likeness (QED) is 0.102. The van der Waals surface area contributed by atoms with Crippen LogP contribution in [0, 0.1) is 20.8 Å². The maximum Gasteiger partial charge on any atom is 0.227 e. The second-order valence-corrected chi connectivity index (χ2v) is 13.5. The number of nitrogens with two attached hydrogens (primary N) is 1. The van der Waals surface area contributed by atoms with Gasteiger partial charge >= 0.3 is 0 Å². The molecule has 2 aromatic carbocycles. The van der Waals surface area contributed by atoms with Crippen LogP contribution in [0.3, 0.4) is 0 Å². The number of ether oxygens (including phenoxy) is 6. The second kappa shape index (κ2) is 20.5. The fourth-order valence-corrected chi connectivity index (χ4v) is 6.78. The number of carbonyl (C=O) groups excluding carboxylic acids is 1. The first-order chi connectivity index (χ1) is 25.4. The molecule has 0 fully saturated rings. The van der Waals surface area contributed by atoms with E-state index in [0.717, 1.165) is 33.2 Å². The van der Waals surface area contributed by atoms with Crippen LogP contribution < -0.4 is 15.8 Å². The molecule has 0 aliphatic carbocycles. The SMILES string of the molecule is Cc1sc2c(c1C)C(c1ccc(Cl)cc1)=NC(CC(=O)Nc1ccc(OCCOCCOCCOCCOCCOCCN)cc1)c1nnc(C)n1-2. The van der Waals surface area contributed by atoms with Gasteiger partial charge in [-0.2, -0.15) is 0 Å². The molecule has 52 heavy (non-hydrogen) atoms. The summed E-state index contributed by atoms with van der Waals surface area (Å²) in [6.45, 7) is 11.9. The van der Waals surface area contributed by atoms with Crippen LogP contribution in [-0.2, 0) is 28.5 Å². The number of rotatable bonds is 22. The van der Waals surface area contributed by atoms with Crippen molar-refractivity contribution in [3.8, 4) is 10.8 Å². The Bertz CT molecular complexity index is 1750. The van der Waals surface area contributed by atoms with E-state index in [0.29, 0.717) is 102 Å². The van der Waals surface area contributed by atoms with Crippen molar-refractivity contribution in [1.82, 2.24) is 14.8 Å². The zero-order valence-corrected chi connectivity index (χ0v) is 31.5. The molecule has 1 amide bonds. The maximum absolute atomic E-state index is 13.4. The first-order valence-electron chi connectivity index (χ1n) is 17.3. The molecule has 1 aliphatic rings. The average Bonchev–Trinajstić information content (AvgIpc) is 3.62. The van der Waals surface area contributed by atoms with Crippen LogP contribution in [0.15, 0.2) is 53.5 Å². The number of benzene rings is 2. The third-order valence-electron chi connectivity index (χ3n) is 8.12. The number of aromatic nitrogens is 3. The van der Waals surface area contributed by atoms with Gasteiger partial charge in [-0.05, 0) is 62.7 Å². The number of hydrogen-bond donors (Lipinski definition) is 2. The Kier molecular flexibility index (Phi) is 15.6. The molecule has 280 valence electrons. The topological polar surface area (TPSA) is 154 Å². The first-order valence-corrected chi connectivity index (χ1v) is 18.5. The first kappa shape index (κ1) is 39.5. The summed E-state index contributed by atoms with van der Waals surface area (Å²) in [6.07, 6.45) is 0.0793. The number of thiophene rings is 1. The molecular weight excluding hydrogens is 708 g/mol. The zero-order chi connectivity index (χ0) is 36.7. The summed E-state index contributed by atoms with van der Waals surface area (Å²) in [7, 11) is 0. The van der Waals surface area contributed by atoms with E-state index < -0.39 is 6.04 Å². The lowest BCUT2D eigenvalue weighted by Gasteiger charge is -2.13. The molecule has 0 spiro atoms. The predicted molar refractivity (Wildman–Crippen MR) is 202 cm³/mol. The van der Waals surface area contributed by atoms with Gasteiger partial charge in [-0.15, -0.1) is 21.5 Å². The lowest BCUT2D eigenvalue weighted by Crippen LogP contribution is -2.17. The molecule has 0 bridgehead atoms. The third kappa shape index (κ3) is 11.1. The summed E-state index contributed by atoms with van der Waals surface area (Å²) in [5.74, 6) is 1.84. The number of carbonyl (C=O) groups is 1. The molecule has 3 N–H and O–H groups in total. The highest BCUT2D eigenvalue weighted by molar-refractivity contribution is 7.15. The van der Waals surface area contributed by atoms with Gasteiger partial charge in [0.2, 0.25) is 5.91 Å². The number of aryl methyl sites for hydroxylation is 2. The molecule has 1 aliphatic heterocycles. The average molecular weight is 755 g/mol. The second-order valence-electron chi connectivity index (χ2n) is 11.9. The standard InChI is InChI=1S/C37H47ClN6O7S/c1-25-26(2)52-37-34(25)35(28-4-6-29(38)7-5-28)41-32(36-43-42-27(3)44(36)37)24-33(45)40-30-8-10-31(11-9-30)51-23-22-50-21-20-49-19-18-48-17-16-47-15-14-46-13-12-39/h4-11,32H,12-24,39H2,1-3H3,(H,40,45). The molecule has 0 saturated heterocycles. The minimum atomic E-state index is -0.560. The van der Waals surface area contributed by atoms with Crippen molar-refractivity contribution in [2.24, 2.45) is 10.7 Å². The Morgan fingerprint density at radius 2 is 1.38 bits per heavy atom. The van der Waals surface area contributed by atoms with Crippen molar-refractivity contribution < 1.29 is 33.2 Å². The van der Waals surface area contributed by atoms with E-state index in [1.165, 1.54) is 4.88 Å². The van der Waals surface area contributed by atoms with Gasteiger partial charge in [-0.25, -0.2) is 0 Å². The number of amides is 1. The van der Waals surface area contributed by atoms with E-state index in [1.54, 1.807) is 23.5 Å². The Hall–Kier alpha value is -3.73. The molecule has 13 nitrogen and oxygen atoms in total. The van der Waals surface area contributed by atoms with Gasteiger partial charge in [0.1, 0.15) is 29.2 Å². The molecule has 5 rings (SSSR count). The van der Waals surface area contributed by atoms with Crippen molar-refractivity contribution in [3.05, 3.63) is 86.8 Å². The lowest BCUT2D eigenvalue weighted by atomic mass is 9.99. The molecule has 3 heterocycles. The fourth-order valence-electron chi connectivity index (χ4n) is 5.44. The number of hydrogen-bond acceptors (Lipinski definition) is 12. The minimum absolute atomic E-state index is 0.0793. The Morgan fingerprint density at radius 3 is 1.98 bits per heavy atom. The summed E-state index contributed by atoms with van der Waals surface area (Å²) < 4.78 is 35.0. The number of aliphatic imine (C=N–C) groups is 1. The highest BCUT2D eigenvalue weighted by Gasteiger charge is 2.32. The van der Waals surface area contributed by atoms with Crippen LogP contribution in [0.5, 0.6) is 5.75 Å². The summed E-state index contributed by atoms with van der Waals surface area (Å²) in [4.78, 5) is 19.8. The van der Waals surface area contributed by atoms with E-state index in [2.05, 4.69) is 29.4 Å². The van der Waals surface area contributed by atoms with Crippen LogP contribution in [0.2, 0.25) is 5.02 Å². The smallest absolute Gasteiger partial charge is 0.227 e. The van der Waals surface area contributed by atoms with Gasteiger partial charge in [-0.3, -0.25) is 14.4 Å². The lowest BCUT2D eigenvalue weighted by molar-refractivity contribution is -0.116. The van der Waals surface area contributed by atoms with Crippen LogP contribution in [0.4, 0.5) is 5.69 Å². The van der Waals surface area contributed by atoms with Crippen molar-refractivity contribution in [2.75, 3.05) is 84.5 Å². The number of anilines is 1. The van der Waals surface area contributed by atoms with Crippen molar-refractivity contribution in [3.63, 3.8) is 0 Å². The van der Waals surface area contributed by atoms with Crippen LogP contribution >= 0.6 is 22.9 Å². The highest BCUT2D eigenvalue weighted by Crippen LogP contribution is 2.39. The van der Waals surface area contributed by atoms with Crippen molar-refractivity contribution >= 4 is 40.2 Å². The highest BCUT2D eigenvalue weighted by atomic mass is 35.5. The van der Waals surface area contributed by atoms with E-state index in [4.69, 9.17) is 50.7 Å². The molecule has 0 radical (unpaired) electrons. The molecule has 0 saturated carbocycles. The van der Waals surface area contributed by atoms with Gasteiger partial charge in [0.15, 0.2) is 5.82 Å². The maximum atomic E-state index is 13.4. The normalized spacial score (nSPS) is 13.7. The number of fused-ring (bicyclic) bond motifs is 3. The molecule has 4 aromatic rings. The minimum Gasteiger partial charge on any atom is -0.491 e. The van der Waals surface area contributed by atoms with Gasteiger partial charge in [0, 0.05) is 33.3 Å². The van der Waals surface area contributed by atoms with E-state index >= 15 is 0 Å². The summed E-state index contributed by atoms with van der Waals surface area (Å²) in [5, 5.41) is 13.5. The van der Waals surface area contributed by atoms with Gasteiger partial charge < -0.3 is 39.5 Å². The Balaban J connectivity index is 1.04. The molecule has 1 unspecified atom stereocenters. The largest absolute Gasteiger partial charge is 0.491 e. The summed E-state index contributed by atoms with van der Waals surface area (Å²) in [5.41, 5.74) is 9.88. The third-order valence-corrected chi connectivity index (χ3v) is 9.56. The van der Waals surface area contributed by atoms with Crippen LogP contribution in [0.1, 0.15) is 45.7 Å². The summed E-state index contributed by atoms with van der Waals surface area (Å²) >= 11 is 7.90. The van der Waals surface area contributed by atoms with Crippen LogP contribution in [-0.4, -0.2) is 106 Å². The van der Waals surface area contributed by atoms with Gasteiger partial charge in [-0.1, -0.05) is 23.7 Å². The van der Waals surface area contributed by atoms with E-state index in [1.807, 2.05) is 47.9 Å². The predicted octanol–water partition coefficient (Wildman–Crippen LogP) is 5.25. The summed E-state index contributed by atoms with van der Waals surface area (Å²) in [6, 6.07) is 14.3. The van der Waals surface area contributed by atoms with Crippen LogP contribution in [0.25, 0.3) is 5.00 Å².